The summed E-state index contributed by atoms with van der Waals surface area (Å²) in [7, 11) is 0. The Labute approximate surface area is 125 Å². The molecule has 5 heteroatoms. The molecule has 1 aromatic heterocycles. The molecule has 0 saturated heterocycles. The first kappa shape index (κ1) is 14.3. The third-order valence-electron chi connectivity index (χ3n) is 2.94. The molecule has 0 spiro atoms. The molecule has 100 valence electrons. The van der Waals surface area contributed by atoms with Gasteiger partial charge in [0.2, 0.25) is 0 Å². The molecule has 0 amide bonds. The first-order valence-electron chi connectivity index (χ1n) is 5.98. The summed E-state index contributed by atoms with van der Waals surface area (Å²) in [6.45, 7) is 4.79. The molecule has 0 atom stereocenters. The number of benzene rings is 1. The normalized spacial score (nSPS) is 11.0. The summed E-state index contributed by atoms with van der Waals surface area (Å²) < 4.78 is 1.83. The molecule has 0 unspecified atom stereocenters. The highest BCUT2D eigenvalue weighted by atomic mass is 79.9. The van der Waals surface area contributed by atoms with E-state index in [2.05, 4.69) is 46.9 Å². The minimum atomic E-state index is -0.173. The van der Waals surface area contributed by atoms with Crippen molar-refractivity contribution >= 4 is 27.5 Å². The van der Waals surface area contributed by atoms with Crippen molar-refractivity contribution in [1.82, 2.24) is 9.55 Å². The van der Waals surface area contributed by atoms with Crippen molar-refractivity contribution in [3.63, 3.8) is 0 Å². The van der Waals surface area contributed by atoms with Gasteiger partial charge in [-0.05, 0) is 33.0 Å². The number of aromatic nitrogens is 2. The van der Waals surface area contributed by atoms with Gasteiger partial charge in [-0.25, -0.2) is 4.98 Å². The molecular formula is C14H14BrClN2O. The van der Waals surface area contributed by atoms with E-state index in [-0.39, 0.29) is 10.7 Å². The monoisotopic (exact) mass is 340 g/mol. The first-order valence-corrected chi connectivity index (χ1v) is 7.15. The van der Waals surface area contributed by atoms with Crippen molar-refractivity contribution in [2.45, 2.75) is 26.3 Å². The lowest BCUT2D eigenvalue weighted by molar-refractivity contribution is 0.730. The van der Waals surface area contributed by atoms with Gasteiger partial charge in [0.15, 0.2) is 5.15 Å². The SMILES string of the molecule is CC(C)c1ccc(Cn2cnc(Cl)c(Br)c2=O)cc1. The lowest BCUT2D eigenvalue weighted by Crippen LogP contribution is -2.21. The zero-order valence-electron chi connectivity index (χ0n) is 10.7. The molecule has 0 aliphatic heterocycles. The second-order valence-corrected chi connectivity index (χ2v) is 5.83. The molecule has 2 rings (SSSR count). The predicted molar refractivity (Wildman–Crippen MR) is 80.8 cm³/mol. The van der Waals surface area contributed by atoms with Crippen molar-refractivity contribution < 1.29 is 0 Å². The minimum Gasteiger partial charge on any atom is -0.294 e. The zero-order chi connectivity index (χ0) is 14.0. The molecule has 2 aromatic rings. The summed E-state index contributed by atoms with van der Waals surface area (Å²) >= 11 is 8.92. The standard InChI is InChI=1S/C14H14BrClN2O/c1-9(2)11-5-3-10(4-6-11)7-18-8-17-13(16)12(15)14(18)19/h3-6,8-9H,7H2,1-2H3. The van der Waals surface area contributed by atoms with Crippen LogP contribution >= 0.6 is 27.5 Å². The van der Waals surface area contributed by atoms with Gasteiger partial charge in [0, 0.05) is 0 Å². The fraction of sp³-hybridized carbons (Fsp3) is 0.286. The van der Waals surface area contributed by atoms with E-state index in [0.29, 0.717) is 16.9 Å². The Kier molecular flexibility index (Phi) is 4.42. The van der Waals surface area contributed by atoms with E-state index in [4.69, 9.17) is 11.6 Å². The van der Waals surface area contributed by atoms with Gasteiger partial charge in [-0.15, -0.1) is 0 Å². The van der Waals surface area contributed by atoms with Gasteiger partial charge in [-0.2, -0.15) is 0 Å². The average Bonchev–Trinajstić information content (AvgIpc) is 2.40. The maximum absolute atomic E-state index is 12.0. The smallest absolute Gasteiger partial charge is 0.269 e. The molecule has 0 aliphatic carbocycles. The van der Waals surface area contributed by atoms with E-state index < -0.39 is 0 Å². The number of rotatable bonds is 3. The largest absolute Gasteiger partial charge is 0.294 e. The Morgan fingerprint density at radius 1 is 1.32 bits per heavy atom. The summed E-state index contributed by atoms with van der Waals surface area (Å²) in [6, 6.07) is 8.24. The summed E-state index contributed by atoms with van der Waals surface area (Å²) in [5.74, 6) is 0.503. The Balaban J connectivity index is 2.27. The second kappa shape index (κ2) is 5.88. The average molecular weight is 342 g/mol. The third-order valence-corrected chi connectivity index (χ3v) is 4.17. The fourth-order valence-corrected chi connectivity index (χ4v) is 2.22. The number of hydrogen-bond donors (Lipinski definition) is 0. The number of halogens is 2. The fourth-order valence-electron chi connectivity index (χ4n) is 1.76. The molecule has 3 nitrogen and oxygen atoms in total. The van der Waals surface area contributed by atoms with E-state index >= 15 is 0 Å². The molecule has 0 radical (unpaired) electrons. The second-order valence-electron chi connectivity index (χ2n) is 4.68. The van der Waals surface area contributed by atoms with E-state index in [1.54, 1.807) is 0 Å². The maximum Gasteiger partial charge on any atom is 0.269 e. The lowest BCUT2D eigenvalue weighted by Gasteiger charge is -2.09. The topological polar surface area (TPSA) is 34.9 Å². The first-order chi connectivity index (χ1) is 8.99. The molecule has 0 bridgehead atoms. The molecular weight excluding hydrogens is 328 g/mol. The van der Waals surface area contributed by atoms with Crippen molar-refractivity contribution in [2.24, 2.45) is 0 Å². The highest BCUT2D eigenvalue weighted by Crippen LogP contribution is 2.16. The van der Waals surface area contributed by atoms with Crippen LogP contribution < -0.4 is 5.56 Å². The lowest BCUT2D eigenvalue weighted by atomic mass is 10.0. The van der Waals surface area contributed by atoms with E-state index in [1.165, 1.54) is 16.5 Å². The van der Waals surface area contributed by atoms with Crippen LogP contribution in [0.5, 0.6) is 0 Å². The van der Waals surface area contributed by atoms with Crippen LogP contribution in [0.4, 0.5) is 0 Å². The van der Waals surface area contributed by atoms with Crippen LogP contribution in [-0.2, 0) is 6.54 Å². The molecule has 1 aromatic carbocycles. The van der Waals surface area contributed by atoms with E-state index in [1.807, 2.05) is 12.1 Å². The van der Waals surface area contributed by atoms with E-state index in [0.717, 1.165) is 5.56 Å². The molecule has 1 heterocycles. The van der Waals surface area contributed by atoms with Crippen LogP contribution in [0.2, 0.25) is 5.15 Å². The maximum atomic E-state index is 12.0. The van der Waals surface area contributed by atoms with Crippen LogP contribution in [0, 0.1) is 0 Å². The Hall–Kier alpha value is -1.13. The van der Waals surface area contributed by atoms with Gasteiger partial charge in [0.25, 0.3) is 5.56 Å². The minimum absolute atomic E-state index is 0.173. The third kappa shape index (κ3) is 3.25. The predicted octanol–water partition coefficient (Wildman–Crippen LogP) is 3.83. The van der Waals surface area contributed by atoms with Gasteiger partial charge >= 0.3 is 0 Å². The van der Waals surface area contributed by atoms with E-state index in [9.17, 15) is 4.79 Å². The quantitative estimate of drug-likeness (QED) is 0.795. The van der Waals surface area contributed by atoms with Crippen LogP contribution in [0.25, 0.3) is 0 Å². The van der Waals surface area contributed by atoms with Crippen LogP contribution in [0.1, 0.15) is 30.9 Å². The highest BCUT2D eigenvalue weighted by molar-refractivity contribution is 9.10. The van der Waals surface area contributed by atoms with Gasteiger partial charge in [0.1, 0.15) is 4.47 Å². The summed E-state index contributed by atoms with van der Waals surface area (Å²) in [5.41, 5.74) is 2.17. The number of hydrogen-bond acceptors (Lipinski definition) is 2. The van der Waals surface area contributed by atoms with Crippen molar-refractivity contribution in [2.75, 3.05) is 0 Å². The summed E-state index contributed by atoms with van der Waals surface area (Å²) in [5, 5.41) is 0.191. The number of nitrogens with zero attached hydrogens (tertiary/aromatic N) is 2. The zero-order valence-corrected chi connectivity index (χ0v) is 13.1. The van der Waals surface area contributed by atoms with Crippen molar-refractivity contribution in [3.05, 3.63) is 61.7 Å². The Bertz CT molecular complexity index is 635. The van der Waals surface area contributed by atoms with Crippen molar-refractivity contribution in [3.8, 4) is 0 Å². The molecule has 0 saturated carbocycles. The van der Waals surface area contributed by atoms with Crippen LogP contribution in [0.15, 0.2) is 39.9 Å². The molecule has 0 N–H and O–H groups in total. The van der Waals surface area contributed by atoms with Gasteiger partial charge in [-0.1, -0.05) is 49.7 Å². The molecule has 0 aliphatic rings. The molecule has 0 fully saturated rings. The van der Waals surface area contributed by atoms with Crippen LogP contribution in [0.3, 0.4) is 0 Å². The summed E-state index contributed by atoms with van der Waals surface area (Å²) in [4.78, 5) is 15.9. The molecule has 19 heavy (non-hydrogen) atoms. The van der Waals surface area contributed by atoms with Gasteiger partial charge < -0.3 is 0 Å². The van der Waals surface area contributed by atoms with Crippen LogP contribution in [-0.4, -0.2) is 9.55 Å². The van der Waals surface area contributed by atoms with Gasteiger partial charge in [0.05, 0.1) is 12.9 Å². The highest BCUT2D eigenvalue weighted by Gasteiger charge is 2.07. The summed E-state index contributed by atoms with van der Waals surface area (Å²) in [6.07, 6.45) is 1.46. The Morgan fingerprint density at radius 3 is 2.53 bits per heavy atom. The van der Waals surface area contributed by atoms with Gasteiger partial charge in [-0.3, -0.25) is 9.36 Å². The Morgan fingerprint density at radius 2 is 1.95 bits per heavy atom. The van der Waals surface area contributed by atoms with Crippen molar-refractivity contribution in [1.29, 1.82) is 0 Å².